The smallest absolute Gasteiger partial charge is 0.497 e. The number of benzene rings is 1. The molecule has 1 aromatic carbocycles. The van der Waals surface area contributed by atoms with Crippen LogP contribution in [0.1, 0.15) is 27.7 Å². The molecule has 0 N–H and O–H groups in total. The van der Waals surface area contributed by atoms with E-state index < -0.39 is 18.3 Å². The Morgan fingerprint density at radius 2 is 1.52 bits per heavy atom. The van der Waals surface area contributed by atoms with Crippen molar-refractivity contribution in [1.29, 1.82) is 0 Å². The number of rotatable bonds is 4. The summed E-state index contributed by atoms with van der Waals surface area (Å²) in [7, 11) is 4.14. The van der Waals surface area contributed by atoms with Crippen molar-refractivity contribution in [2.75, 3.05) is 14.2 Å². The molecule has 7 nitrogen and oxygen atoms in total. The molecule has 1 fully saturated rings. The lowest BCUT2D eigenvalue weighted by Gasteiger charge is -2.32. The van der Waals surface area contributed by atoms with E-state index in [4.69, 9.17) is 18.8 Å². The molecule has 144 valence electrons. The summed E-state index contributed by atoms with van der Waals surface area (Å²) in [6.45, 7) is 7.90. The Balaban J connectivity index is 2.10. The van der Waals surface area contributed by atoms with Gasteiger partial charge < -0.3 is 23.3 Å². The summed E-state index contributed by atoms with van der Waals surface area (Å²) >= 11 is 0. The van der Waals surface area contributed by atoms with Gasteiger partial charge in [0.1, 0.15) is 17.2 Å². The first-order chi connectivity index (χ1) is 12.6. The molecular formula is C19H25BN2O5. The molecule has 0 spiro atoms. The molecule has 1 aromatic heterocycles. The van der Waals surface area contributed by atoms with Crippen molar-refractivity contribution in [2.45, 2.75) is 38.9 Å². The fourth-order valence-electron chi connectivity index (χ4n) is 2.84. The SMILES string of the molecule is COc1cc(OC)cc(-c2nc(B3OC(C)(C)C(C)(C)O3)cn(C)c2=O)c1. The summed E-state index contributed by atoms with van der Waals surface area (Å²) < 4.78 is 24.2. The molecule has 0 saturated carbocycles. The van der Waals surface area contributed by atoms with Gasteiger partial charge in [0, 0.05) is 24.9 Å². The Morgan fingerprint density at radius 1 is 1.00 bits per heavy atom. The summed E-state index contributed by atoms with van der Waals surface area (Å²) in [5.74, 6) is 1.16. The van der Waals surface area contributed by atoms with E-state index in [1.807, 2.05) is 27.7 Å². The van der Waals surface area contributed by atoms with Gasteiger partial charge in [0.2, 0.25) is 0 Å². The molecule has 27 heavy (non-hydrogen) atoms. The van der Waals surface area contributed by atoms with Crippen LogP contribution in [-0.4, -0.2) is 42.1 Å². The summed E-state index contributed by atoms with van der Waals surface area (Å²) in [5, 5.41) is 0. The fourth-order valence-corrected chi connectivity index (χ4v) is 2.84. The van der Waals surface area contributed by atoms with E-state index >= 15 is 0 Å². The van der Waals surface area contributed by atoms with Crippen LogP contribution in [0.2, 0.25) is 0 Å². The minimum atomic E-state index is -0.659. The monoisotopic (exact) mass is 372 g/mol. The maximum absolute atomic E-state index is 12.7. The minimum Gasteiger partial charge on any atom is -0.497 e. The third kappa shape index (κ3) is 3.47. The first kappa shape index (κ1) is 19.4. The van der Waals surface area contributed by atoms with Crippen molar-refractivity contribution in [3.8, 4) is 22.8 Å². The van der Waals surface area contributed by atoms with Crippen LogP contribution < -0.4 is 20.6 Å². The fraction of sp³-hybridized carbons (Fsp3) is 0.474. The predicted octanol–water partition coefficient (Wildman–Crippen LogP) is 1.76. The number of methoxy groups -OCH3 is 2. The van der Waals surface area contributed by atoms with E-state index in [-0.39, 0.29) is 11.3 Å². The number of hydrogen-bond donors (Lipinski definition) is 0. The average molecular weight is 372 g/mol. The Hall–Kier alpha value is -2.32. The van der Waals surface area contributed by atoms with Crippen molar-refractivity contribution < 1.29 is 18.8 Å². The van der Waals surface area contributed by atoms with E-state index in [0.717, 1.165) is 0 Å². The van der Waals surface area contributed by atoms with Gasteiger partial charge in [-0.3, -0.25) is 4.79 Å². The molecule has 0 atom stereocenters. The van der Waals surface area contributed by atoms with Crippen LogP contribution in [0.3, 0.4) is 0 Å². The molecule has 0 aliphatic carbocycles. The van der Waals surface area contributed by atoms with Crippen LogP contribution in [-0.2, 0) is 16.4 Å². The molecule has 0 radical (unpaired) electrons. The highest BCUT2D eigenvalue weighted by Crippen LogP contribution is 2.36. The normalized spacial score (nSPS) is 17.8. The summed E-state index contributed by atoms with van der Waals surface area (Å²) in [5.41, 5.74) is 0.200. The van der Waals surface area contributed by atoms with Crippen LogP contribution in [0.5, 0.6) is 11.5 Å². The van der Waals surface area contributed by atoms with E-state index in [2.05, 4.69) is 4.98 Å². The quantitative estimate of drug-likeness (QED) is 0.762. The minimum absolute atomic E-state index is 0.231. The highest BCUT2D eigenvalue weighted by molar-refractivity contribution is 6.61. The zero-order valence-electron chi connectivity index (χ0n) is 16.8. The number of aryl methyl sites for hydroxylation is 1. The Bertz CT molecular complexity index is 885. The van der Waals surface area contributed by atoms with Gasteiger partial charge in [-0.2, -0.15) is 0 Å². The second-order valence-electron chi connectivity index (χ2n) is 7.62. The van der Waals surface area contributed by atoms with Crippen LogP contribution in [0.15, 0.2) is 29.2 Å². The first-order valence-electron chi connectivity index (χ1n) is 8.74. The van der Waals surface area contributed by atoms with Gasteiger partial charge in [-0.15, -0.1) is 0 Å². The van der Waals surface area contributed by atoms with Gasteiger partial charge in [0.25, 0.3) is 5.56 Å². The number of aromatic nitrogens is 2. The Kier molecular flexibility index (Phi) is 4.82. The average Bonchev–Trinajstić information content (AvgIpc) is 2.84. The van der Waals surface area contributed by atoms with E-state index in [1.54, 1.807) is 45.7 Å². The molecule has 0 amide bonds. The van der Waals surface area contributed by atoms with Gasteiger partial charge in [-0.25, -0.2) is 4.98 Å². The number of nitrogens with zero attached hydrogens (tertiary/aromatic N) is 2. The number of ether oxygens (including phenoxy) is 2. The van der Waals surface area contributed by atoms with Crippen LogP contribution >= 0.6 is 0 Å². The Morgan fingerprint density at radius 3 is 2.00 bits per heavy atom. The van der Waals surface area contributed by atoms with Crippen molar-refractivity contribution >= 4 is 12.7 Å². The second kappa shape index (κ2) is 6.69. The van der Waals surface area contributed by atoms with Crippen molar-refractivity contribution in [1.82, 2.24) is 9.55 Å². The maximum atomic E-state index is 12.7. The first-order valence-corrected chi connectivity index (χ1v) is 8.74. The largest absolute Gasteiger partial charge is 0.516 e. The summed E-state index contributed by atoms with van der Waals surface area (Å²) in [4.78, 5) is 17.3. The third-order valence-electron chi connectivity index (χ3n) is 5.21. The van der Waals surface area contributed by atoms with Crippen molar-refractivity contribution in [3.63, 3.8) is 0 Å². The zero-order valence-corrected chi connectivity index (χ0v) is 16.8. The highest BCUT2D eigenvalue weighted by Gasteiger charge is 2.52. The van der Waals surface area contributed by atoms with E-state index in [9.17, 15) is 4.79 Å². The van der Waals surface area contributed by atoms with Gasteiger partial charge in [0.15, 0.2) is 0 Å². The van der Waals surface area contributed by atoms with Crippen LogP contribution in [0.25, 0.3) is 11.3 Å². The standard InChI is InChI=1S/C19H25BN2O5/c1-18(2)19(3,4)27-20(26-18)15-11-22(5)17(23)16(21-15)12-8-13(24-6)10-14(9-12)25-7/h8-11H,1-7H3. The summed E-state index contributed by atoms with van der Waals surface area (Å²) in [6.07, 6.45) is 1.64. The molecule has 1 saturated heterocycles. The molecule has 1 aliphatic rings. The zero-order chi connectivity index (χ0) is 20.0. The summed E-state index contributed by atoms with van der Waals surface area (Å²) in [6, 6.07) is 5.24. The maximum Gasteiger partial charge on any atom is 0.516 e. The predicted molar refractivity (Wildman–Crippen MR) is 104 cm³/mol. The van der Waals surface area contributed by atoms with Gasteiger partial charge in [-0.05, 0) is 39.8 Å². The third-order valence-corrected chi connectivity index (χ3v) is 5.21. The molecule has 2 aromatic rings. The molecule has 1 aliphatic heterocycles. The van der Waals surface area contributed by atoms with E-state index in [0.29, 0.717) is 22.7 Å². The number of hydrogen-bond acceptors (Lipinski definition) is 6. The molecule has 3 rings (SSSR count). The highest BCUT2D eigenvalue weighted by atomic mass is 16.7. The van der Waals surface area contributed by atoms with Gasteiger partial charge in [-0.1, -0.05) is 0 Å². The molecular weight excluding hydrogens is 347 g/mol. The lowest BCUT2D eigenvalue weighted by molar-refractivity contribution is 0.00578. The van der Waals surface area contributed by atoms with Crippen LogP contribution in [0.4, 0.5) is 0 Å². The Labute approximate surface area is 159 Å². The lowest BCUT2D eigenvalue weighted by Crippen LogP contribution is -2.41. The van der Waals surface area contributed by atoms with Crippen LogP contribution in [0, 0.1) is 0 Å². The molecule has 8 heteroatoms. The van der Waals surface area contributed by atoms with Gasteiger partial charge >= 0.3 is 7.12 Å². The molecule has 0 bridgehead atoms. The molecule has 2 heterocycles. The lowest BCUT2D eigenvalue weighted by atomic mass is 9.85. The van der Waals surface area contributed by atoms with Crippen molar-refractivity contribution in [2.24, 2.45) is 7.05 Å². The van der Waals surface area contributed by atoms with E-state index in [1.165, 1.54) is 4.57 Å². The topological polar surface area (TPSA) is 71.8 Å². The second-order valence-corrected chi connectivity index (χ2v) is 7.62. The van der Waals surface area contributed by atoms with Crippen molar-refractivity contribution in [3.05, 3.63) is 34.7 Å². The van der Waals surface area contributed by atoms with Gasteiger partial charge in [0.05, 0.1) is 31.0 Å². The molecule has 0 unspecified atom stereocenters.